The lowest BCUT2D eigenvalue weighted by Gasteiger charge is -2.36. The number of amides is 1. The van der Waals surface area contributed by atoms with Gasteiger partial charge in [-0.2, -0.15) is 0 Å². The Morgan fingerprint density at radius 3 is 2.81 bits per heavy atom. The molecule has 2 aromatic carbocycles. The number of benzene rings is 2. The van der Waals surface area contributed by atoms with E-state index in [9.17, 15) is 4.79 Å². The van der Waals surface area contributed by atoms with E-state index in [-0.39, 0.29) is 12.7 Å². The van der Waals surface area contributed by atoms with Gasteiger partial charge in [0, 0.05) is 56.7 Å². The molecule has 5 rings (SSSR count). The van der Waals surface area contributed by atoms with E-state index >= 15 is 4.39 Å². The molecular formula is C25H30FN3O2. The number of rotatable bonds is 6. The Hall–Kier alpha value is -2.60. The second kappa shape index (κ2) is 8.50. The molecule has 1 saturated carbocycles. The van der Waals surface area contributed by atoms with Crippen molar-refractivity contribution in [1.82, 2.24) is 10.2 Å². The molecular weight excluding hydrogens is 393 g/mol. The Balaban J connectivity index is 1.05. The normalized spacial score (nSPS) is 23.7. The van der Waals surface area contributed by atoms with E-state index in [4.69, 9.17) is 4.74 Å². The van der Waals surface area contributed by atoms with Crippen molar-refractivity contribution in [3.8, 4) is 0 Å². The average Bonchev–Trinajstić information content (AvgIpc) is 3.43. The monoisotopic (exact) mass is 423 g/mol. The number of alkyl halides is 1. The molecule has 164 valence electrons. The van der Waals surface area contributed by atoms with Crippen LogP contribution in [-0.4, -0.2) is 48.9 Å². The second-order valence-electron chi connectivity index (χ2n) is 9.10. The molecule has 1 amide bonds. The summed E-state index contributed by atoms with van der Waals surface area (Å²) >= 11 is 0. The molecule has 0 bridgehead atoms. The van der Waals surface area contributed by atoms with Crippen molar-refractivity contribution in [2.75, 3.05) is 31.5 Å². The molecule has 2 atom stereocenters. The minimum Gasteiger partial charge on any atom is -0.445 e. The van der Waals surface area contributed by atoms with Crippen LogP contribution in [0.4, 0.5) is 14.9 Å². The van der Waals surface area contributed by atoms with E-state index in [0.717, 1.165) is 24.9 Å². The second-order valence-corrected chi connectivity index (χ2v) is 9.10. The molecule has 31 heavy (non-hydrogen) atoms. The SMILES string of the molecule is O=C(OCc1ccccc1)N1CCC(F)(CNC2CC2c2ccc3c(c2)CCN3)CC1. The zero-order valence-electron chi connectivity index (χ0n) is 17.8. The van der Waals surface area contributed by atoms with Gasteiger partial charge in [-0.05, 0) is 35.6 Å². The van der Waals surface area contributed by atoms with Crippen molar-refractivity contribution in [1.29, 1.82) is 0 Å². The van der Waals surface area contributed by atoms with Gasteiger partial charge in [-0.15, -0.1) is 0 Å². The van der Waals surface area contributed by atoms with Crippen LogP contribution in [0.15, 0.2) is 48.5 Å². The van der Waals surface area contributed by atoms with Gasteiger partial charge in [0.05, 0.1) is 0 Å². The third kappa shape index (κ3) is 4.69. The molecule has 2 aliphatic heterocycles. The van der Waals surface area contributed by atoms with Gasteiger partial charge >= 0.3 is 6.09 Å². The van der Waals surface area contributed by atoms with E-state index in [1.54, 1.807) is 4.90 Å². The zero-order valence-corrected chi connectivity index (χ0v) is 17.8. The van der Waals surface area contributed by atoms with Gasteiger partial charge in [0.15, 0.2) is 0 Å². The van der Waals surface area contributed by atoms with Crippen LogP contribution in [0, 0.1) is 0 Å². The number of piperidine rings is 1. The van der Waals surface area contributed by atoms with Crippen LogP contribution < -0.4 is 10.6 Å². The maximum Gasteiger partial charge on any atom is 0.410 e. The topological polar surface area (TPSA) is 53.6 Å². The minimum atomic E-state index is -1.26. The Morgan fingerprint density at radius 1 is 1.19 bits per heavy atom. The van der Waals surface area contributed by atoms with Crippen molar-refractivity contribution < 1.29 is 13.9 Å². The maximum absolute atomic E-state index is 15.3. The number of hydrogen-bond acceptors (Lipinski definition) is 4. The molecule has 5 nitrogen and oxygen atoms in total. The predicted octanol–water partition coefficient (Wildman–Crippen LogP) is 4.24. The fraction of sp³-hybridized carbons (Fsp3) is 0.480. The molecule has 2 fully saturated rings. The smallest absolute Gasteiger partial charge is 0.410 e. The standard InChI is InChI=1S/C25H30FN3O2/c26-25(9-12-29(13-10-25)24(30)31-16-18-4-2-1-3-5-18)17-28-23-15-21(23)19-6-7-22-20(14-19)8-11-27-22/h1-7,14,21,23,27-28H,8-13,15-17H2. The highest BCUT2D eigenvalue weighted by atomic mass is 19.1. The fourth-order valence-corrected chi connectivity index (χ4v) is 4.74. The van der Waals surface area contributed by atoms with Crippen molar-refractivity contribution in [2.24, 2.45) is 0 Å². The molecule has 2 aromatic rings. The number of ether oxygens (including phenoxy) is 1. The number of nitrogens with zero attached hydrogens (tertiary/aromatic N) is 1. The van der Waals surface area contributed by atoms with Crippen molar-refractivity contribution in [3.63, 3.8) is 0 Å². The number of halogens is 1. The number of nitrogens with one attached hydrogen (secondary N) is 2. The predicted molar refractivity (Wildman–Crippen MR) is 119 cm³/mol. The van der Waals surface area contributed by atoms with Crippen molar-refractivity contribution in [2.45, 2.75) is 49.9 Å². The number of carbonyl (C=O) groups is 1. The summed E-state index contributed by atoms with van der Waals surface area (Å²) in [6, 6.07) is 16.7. The highest BCUT2D eigenvalue weighted by Gasteiger charge is 2.42. The number of likely N-dealkylation sites (tertiary alicyclic amines) is 1. The molecule has 0 spiro atoms. The first-order valence-electron chi connectivity index (χ1n) is 11.3. The van der Waals surface area contributed by atoms with Crippen LogP contribution >= 0.6 is 0 Å². The average molecular weight is 424 g/mol. The van der Waals surface area contributed by atoms with Crippen LogP contribution in [-0.2, 0) is 17.8 Å². The van der Waals surface area contributed by atoms with Crippen LogP contribution in [0.25, 0.3) is 0 Å². The third-order valence-electron chi connectivity index (χ3n) is 6.86. The van der Waals surface area contributed by atoms with Gasteiger partial charge in [0.25, 0.3) is 0 Å². The number of hydrogen-bond donors (Lipinski definition) is 2. The summed E-state index contributed by atoms with van der Waals surface area (Å²) in [5, 5.41) is 6.85. The Kier molecular flexibility index (Phi) is 5.57. The van der Waals surface area contributed by atoms with Gasteiger partial charge < -0.3 is 20.3 Å². The molecule has 1 aliphatic carbocycles. The first-order valence-corrected chi connectivity index (χ1v) is 11.3. The van der Waals surface area contributed by atoms with E-state index in [0.29, 0.717) is 44.4 Å². The third-order valence-corrected chi connectivity index (χ3v) is 6.86. The minimum absolute atomic E-state index is 0.250. The van der Waals surface area contributed by atoms with E-state index in [1.807, 2.05) is 30.3 Å². The summed E-state index contributed by atoms with van der Waals surface area (Å²) < 4.78 is 20.7. The molecule has 6 heteroatoms. The van der Waals surface area contributed by atoms with Crippen LogP contribution in [0.2, 0.25) is 0 Å². The van der Waals surface area contributed by atoms with Crippen LogP contribution in [0.5, 0.6) is 0 Å². The maximum atomic E-state index is 15.3. The lowest BCUT2D eigenvalue weighted by atomic mass is 9.93. The van der Waals surface area contributed by atoms with Gasteiger partial charge in [-0.1, -0.05) is 42.5 Å². The summed E-state index contributed by atoms with van der Waals surface area (Å²) in [7, 11) is 0. The van der Waals surface area contributed by atoms with Gasteiger partial charge in [0.1, 0.15) is 12.3 Å². The van der Waals surface area contributed by atoms with Crippen LogP contribution in [0.1, 0.15) is 41.9 Å². The van der Waals surface area contributed by atoms with Crippen molar-refractivity contribution in [3.05, 3.63) is 65.2 Å². The molecule has 2 N–H and O–H groups in total. The van der Waals surface area contributed by atoms with E-state index in [2.05, 4.69) is 28.8 Å². The summed E-state index contributed by atoms with van der Waals surface area (Å²) in [6.07, 6.45) is 2.50. The molecule has 1 saturated heterocycles. The largest absolute Gasteiger partial charge is 0.445 e. The molecule has 3 aliphatic rings. The summed E-state index contributed by atoms with van der Waals surface area (Å²) in [6.45, 7) is 2.43. The quantitative estimate of drug-likeness (QED) is 0.730. The molecule has 2 heterocycles. The zero-order chi connectivity index (χ0) is 21.3. The Morgan fingerprint density at radius 2 is 2.00 bits per heavy atom. The highest BCUT2D eigenvalue weighted by Crippen LogP contribution is 2.43. The Labute approximate surface area is 183 Å². The van der Waals surface area contributed by atoms with Gasteiger partial charge in [-0.25, -0.2) is 9.18 Å². The first kappa shape index (κ1) is 20.3. The lowest BCUT2D eigenvalue weighted by molar-refractivity contribution is 0.0408. The van der Waals surface area contributed by atoms with E-state index < -0.39 is 5.67 Å². The summed E-state index contributed by atoms with van der Waals surface area (Å²) in [4.78, 5) is 13.9. The van der Waals surface area contributed by atoms with Gasteiger partial charge in [-0.3, -0.25) is 0 Å². The number of anilines is 1. The molecule has 0 aromatic heterocycles. The van der Waals surface area contributed by atoms with Crippen LogP contribution in [0.3, 0.4) is 0 Å². The summed E-state index contributed by atoms with van der Waals surface area (Å²) in [5.74, 6) is 0.488. The lowest BCUT2D eigenvalue weighted by Crippen LogP contribution is -2.49. The summed E-state index contributed by atoms with van der Waals surface area (Å²) in [5.41, 5.74) is 3.72. The number of carbonyl (C=O) groups excluding carboxylic acids is 1. The molecule has 2 unspecified atom stereocenters. The Bertz CT molecular complexity index is 928. The van der Waals surface area contributed by atoms with Gasteiger partial charge in [0.2, 0.25) is 0 Å². The first-order chi connectivity index (χ1) is 15.1. The highest BCUT2D eigenvalue weighted by molar-refractivity contribution is 5.67. The van der Waals surface area contributed by atoms with E-state index in [1.165, 1.54) is 16.8 Å². The van der Waals surface area contributed by atoms with Crippen molar-refractivity contribution >= 4 is 11.8 Å². The number of fused-ring (bicyclic) bond motifs is 1. The molecule has 0 radical (unpaired) electrons. The fourth-order valence-electron chi connectivity index (χ4n) is 4.74.